The Labute approximate surface area is 86.9 Å². The number of rotatable bonds is 3. The van der Waals surface area contributed by atoms with Crippen LogP contribution in [0.25, 0.3) is 6.08 Å². The second-order valence-electron chi connectivity index (χ2n) is 2.80. The van der Waals surface area contributed by atoms with Crippen molar-refractivity contribution in [1.82, 2.24) is 0 Å². The summed E-state index contributed by atoms with van der Waals surface area (Å²) in [5, 5.41) is 2.74. The summed E-state index contributed by atoms with van der Waals surface area (Å²) in [6.07, 6.45) is 2.76. The minimum Gasteiger partial charge on any atom is -0.302 e. The normalized spacial score (nSPS) is 10.3. The molecule has 0 saturated heterocycles. The highest BCUT2D eigenvalue weighted by Crippen LogP contribution is 2.07. The third-order valence-electron chi connectivity index (χ3n) is 1.67. The van der Waals surface area contributed by atoms with Crippen molar-refractivity contribution < 1.29 is 14.4 Å². The minimum atomic E-state index is -0.665. The molecule has 76 valence electrons. The fraction of sp³-hybridized carbons (Fsp3) is 0.0909. The van der Waals surface area contributed by atoms with Gasteiger partial charge in [0.2, 0.25) is 0 Å². The van der Waals surface area contributed by atoms with Gasteiger partial charge in [-0.2, -0.15) is 0 Å². The molecule has 0 atom stereocenters. The number of hydrogen-bond donors (Lipinski definition) is 0. The van der Waals surface area contributed by atoms with E-state index < -0.39 is 5.97 Å². The molecule has 1 aromatic carbocycles. The lowest BCUT2D eigenvalue weighted by molar-refractivity contribution is -0.138. The van der Waals surface area contributed by atoms with Gasteiger partial charge in [-0.25, -0.2) is 9.59 Å². The molecule has 1 aromatic rings. The summed E-state index contributed by atoms with van der Waals surface area (Å²) in [7, 11) is 0. The molecule has 1 rings (SSSR count). The number of benzene rings is 1. The molecule has 0 aliphatic heterocycles. The van der Waals surface area contributed by atoms with E-state index in [0.29, 0.717) is 5.57 Å². The number of nitrogens with zero attached hydrogens (tertiary/aromatic N) is 1. The van der Waals surface area contributed by atoms with E-state index in [9.17, 15) is 9.59 Å². The van der Waals surface area contributed by atoms with E-state index in [4.69, 9.17) is 0 Å². The van der Waals surface area contributed by atoms with Gasteiger partial charge >= 0.3 is 5.97 Å². The van der Waals surface area contributed by atoms with E-state index in [-0.39, 0.29) is 0 Å². The summed E-state index contributed by atoms with van der Waals surface area (Å²) in [4.78, 5) is 25.1. The smallest absolute Gasteiger partial charge is 0.302 e. The monoisotopic (exact) mass is 203 g/mol. The topological polar surface area (TPSA) is 55.7 Å². The molecule has 0 unspecified atom stereocenters. The molecule has 4 nitrogen and oxygen atoms in total. The second kappa shape index (κ2) is 5.52. The predicted octanol–water partition coefficient (Wildman–Crippen LogP) is 1.88. The highest BCUT2D eigenvalue weighted by molar-refractivity contribution is 5.92. The number of carbonyl (C=O) groups is 1. The molecule has 0 spiro atoms. The maximum atomic E-state index is 11.1. The SMILES string of the molecule is CC(=Cc1ccccc1)C(=O)ON=C=O. The van der Waals surface area contributed by atoms with Crippen LogP contribution < -0.4 is 0 Å². The van der Waals surface area contributed by atoms with Crippen LogP contribution in [0.1, 0.15) is 12.5 Å². The second-order valence-corrected chi connectivity index (χ2v) is 2.80. The Morgan fingerprint density at radius 1 is 1.40 bits per heavy atom. The van der Waals surface area contributed by atoms with Crippen molar-refractivity contribution in [3.63, 3.8) is 0 Å². The van der Waals surface area contributed by atoms with Crippen molar-refractivity contribution in [1.29, 1.82) is 0 Å². The zero-order valence-corrected chi connectivity index (χ0v) is 8.14. The van der Waals surface area contributed by atoms with Crippen LogP contribution in [0.2, 0.25) is 0 Å². The third kappa shape index (κ3) is 3.58. The molecule has 0 aliphatic carbocycles. The van der Waals surface area contributed by atoms with Gasteiger partial charge in [-0.15, -0.1) is 0 Å². The first-order valence-electron chi connectivity index (χ1n) is 4.26. The van der Waals surface area contributed by atoms with Gasteiger partial charge in [-0.3, -0.25) is 0 Å². The highest BCUT2D eigenvalue weighted by atomic mass is 16.7. The zero-order valence-electron chi connectivity index (χ0n) is 8.14. The fourth-order valence-corrected chi connectivity index (χ4v) is 0.990. The van der Waals surface area contributed by atoms with Crippen molar-refractivity contribution in [3.05, 3.63) is 41.5 Å². The molecular weight excluding hydrogens is 194 g/mol. The summed E-state index contributed by atoms with van der Waals surface area (Å²) in [6.45, 7) is 1.58. The largest absolute Gasteiger partial charge is 0.362 e. The Bertz CT molecular complexity index is 417. The molecule has 15 heavy (non-hydrogen) atoms. The molecule has 0 saturated carbocycles. The quantitative estimate of drug-likeness (QED) is 0.248. The van der Waals surface area contributed by atoms with E-state index in [2.05, 4.69) is 9.99 Å². The minimum absolute atomic E-state index is 0.361. The molecule has 0 N–H and O–H groups in total. The Balaban J connectivity index is 2.76. The number of isocyanates is 1. The first-order chi connectivity index (χ1) is 7.24. The van der Waals surface area contributed by atoms with E-state index >= 15 is 0 Å². The maximum absolute atomic E-state index is 11.1. The van der Waals surface area contributed by atoms with Crippen LogP contribution in [-0.4, -0.2) is 12.0 Å². The van der Waals surface area contributed by atoms with E-state index in [1.807, 2.05) is 30.3 Å². The molecule has 0 heterocycles. The highest BCUT2D eigenvalue weighted by Gasteiger charge is 2.04. The Morgan fingerprint density at radius 3 is 2.67 bits per heavy atom. The third-order valence-corrected chi connectivity index (χ3v) is 1.67. The van der Waals surface area contributed by atoms with Crippen LogP contribution in [0.3, 0.4) is 0 Å². The van der Waals surface area contributed by atoms with Gasteiger partial charge in [0.05, 0.1) is 0 Å². The van der Waals surface area contributed by atoms with E-state index in [0.717, 1.165) is 11.6 Å². The van der Waals surface area contributed by atoms with E-state index in [1.54, 1.807) is 13.0 Å². The lowest BCUT2D eigenvalue weighted by atomic mass is 10.1. The Morgan fingerprint density at radius 2 is 2.07 bits per heavy atom. The van der Waals surface area contributed by atoms with Crippen molar-refractivity contribution in [3.8, 4) is 0 Å². The van der Waals surface area contributed by atoms with Crippen LogP contribution in [-0.2, 0) is 14.4 Å². The van der Waals surface area contributed by atoms with Gasteiger partial charge in [0, 0.05) is 10.7 Å². The standard InChI is InChI=1S/C11H9NO3/c1-9(11(14)15-12-8-13)7-10-5-3-2-4-6-10/h2-7H,1H3. The molecule has 0 fully saturated rings. The molecular formula is C11H9NO3. The zero-order chi connectivity index (χ0) is 11.1. The summed E-state index contributed by atoms with van der Waals surface area (Å²) >= 11 is 0. The molecule has 0 aliphatic rings. The lowest BCUT2D eigenvalue weighted by Gasteiger charge is -1.96. The predicted molar refractivity (Wildman–Crippen MR) is 54.3 cm³/mol. The molecule has 0 amide bonds. The van der Waals surface area contributed by atoms with Gasteiger partial charge in [0.15, 0.2) is 0 Å². The lowest BCUT2D eigenvalue weighted by Crippen LogP contribution is -2.00. The first kappa shape index (κ1) is 10.9. The maximum Gasteiger partial charge on any atom is 0.362 e. The Hall–Kier alpha value is -2.19. The fourth-order valence-electron chi connectivity index (χ4n) is 0.990. The van der Waals surface area contributed by atoms with Crippen LogP contribution in [0, 0.1) is 0 Å². The van der Waals surface area contributed by atoms with Gasteiger partial charge in [-0.1, -0.05) is 30.3 Å². The van der Waals surface area contributed by atoms with Crippen LogP contribution in [0.4, 0.5) is 0 Å². The van der Waals surface area contributed by atoms with Crippen molar-refractivity contribution in [2.24, 2.45) is 5.16 Å². The molecule has 0 bridgehead atoms. The van der Waals surface area contributed by atoms with Crippen molar-refractivity contribution in [2.75, 3.05) is 0 Å². The molecule has 0 radical (unpaired) electrons. The molecule has 0 aromatic heterocycles. The summed E-state index contributed by atoms with van der Waals surface area (Å²) in [5.41, 5.74) is 1.24. The summed E-state index contributed by atoms with van der Waals surface area (Å²) < 4.78 is 0. The van der Waals surface area contributed by atoms with Crippen molar-refractivity contribution in [2.45, 2.75) is 6.92 Å². The van der Waals surface area contributed by atoms with Gasteiger partial charge in [0.1, 0.15) is 0 Å². The summed E-state index contributed by atoms with van der Waals surface area (Å²) in [6, 6.07) is 9.28. The average Bonchev–Trinajstić information content (AvgIpc) is 2.27. The first-order valence-corrected chi connectivity index (χ1v) is 4.26. The number of hydrogen-bond acceptors (Lipinski definition) is 4. The molecule has 4 heteroatoms. The van der Waals surface area contributed by atoms with Crippen LogP contribution >= 0.6 is 0 Å². The average molecular weight is 203 g/mol. The van der Waals surface area contributed by atoms with Crippen LogP contribution in [0.5, 0.6) is 0 Å². The Kier molecular flexibility index (Phi) is 4.01. The van der Waals surface area contributed by atoms with Crippen molar-refractivity contribution >= 4 is 18.1 Å². The van der Waals surface area contributed by atoms with Crippen LogP contribution in [0.15, 0.2) is 41.1 Å². The number of carbonyl (C=O) groups excluding carboxylic acids is 2. The van der Waals surface area contributed by atoms with Gasteiger partial charge < -0.3 is 4.84 Å². The summed E-state index contributed by atoms with van der Waals surface area (Å²) in [5.74, 6) is -0.665. The van der Waals surface area contributed by atoms with Gasteiger partial charge in [-0.05, 0) is 18.6 Å². The van der Waals surface area contributed by atoms with Gasteiger partial charge in [0.25, 0.3) is 6.08 Å². The van der Waals surface area contributed by atoms with E-state index in [1.165, 1.54) is 0 Å².